The van der Waals surface area contributed by atoms with E-state index in [4.69, 9.17) is 0 Å². The number of nitrogens with zero attached hydrogens (tertiary/aromatic N) is 2. The van der Waals surface area contributed by atoms with Crippen LogP contribution in [0.3, 0.4) is 0 Å². The third-order valence-electron chi connectivity index (χ3n) is 5.78. The van der Waals surface area contributed by atoms with E-state index in [0.29, 0.717) is 23.4 Å². The van der Waals surface area contributed by atoms with Crippen LogP contribution in [-0.4, -0.2) is 46.5 Å². The molecule has 1 saturated carbocycles. The molecule has 0 radical (unpaired) electrons. The maximum atomic E-state index is 12.6. The molecule has 0 bridgehead atoms. The Labute approximate surface area is 156 Å². The fourth-order valence-corrected chi connectivity index (χ4v) is 5.03. The van der Waals surface area contributed by atoms with Crippen LogP contribution < -0.4 is 5.32 Å². The molecule has 1 saturated heterocycles. The van der Waals surface area contributed by atoms with Gasteiger partial charge in [-0.25, -0.2) is 4.98 Å². The molecular weight excluding hydrogens is 344 g/mol. The van der Waals surface area contributed by atoms with Gasteiger partial charge in [0.2, 0.25) is 0 Å². The lowest BCUT2D eigenvalue weighted by molar-refractivity contribution is 0.0944. The quantitative estimate of drug-likeness (QED) is 0.705. The molecule has 0 aromatic carbocycles. The van der Waals surface area contributed by atoms with Gasteiger partial charge in [0.1, 0.15) is 5.65 Å². The van der Waals surface area contributed by atoms with Gasteiger partial charge >= 0.3 is 0 Å². The largest absolute Gasteiger partial charge is 0.349 e. The van der Waals surface area contributed by atoms with Crippen molar-refractivity contribution in [2.75, 3.05) is 19.6 Å². The van der Waals surface area contributed by atoms with Gasteiger partial charge in [-0.15, -0.1) is 0 Å². The van der Waals surface area contributed by atoms with E-state index in [1.54, 1.807) is 23.7 Å². The fourth-order valence-electron chi connectivity index (χ4n) is 4.32. The Morgan fingerprint density at radius 3 is 3.04 bits per heavy atom. The van der Waals surface area contributed by atoms with Gasteiger partial charge < -0.3 is 15.2 Å². The molecule has 2 fully saturated rings. The third-order valence-corrected chi connectivity index (χ3v) is 6.52. The van der Waals surface area contributed by atoms with Crippen molar-refractivity contribution in [2.24, 2.45) is 11.8 Å². The molecule has 2 aliphatic rings. The minimum Gasteiger partial charge on any atom is -0.349 e. The summed E-state index contributed by atoms with van der Waals surface area (Å²) in [6.07, 6.45) is 5.89. The van der Waals surface area contributed by atoms with Crippen molar-refractivity contribution in [1.82, 2.24) is 20.2 Å². The van der Waals surface area contributed by atoms with Gasteiger partial charge in [0.05, 0.1) is 5.56 Å². The molecule has 4 heterocycles. The van der Waals surface area contributed by atoms with Gasteiger partial charge in [0.25, 0.3) is 5.91 Å². The lowest BCUT2D eigenvalue weighted by Gasteiger charge is -2.19. The molecule has 1 unspecified atom stereocenters. The van der Waals surface area contributed by atoms with E-state index in [1.807, 2.05) is 12.1 Å². The van der Waals surface area contributed by atoms with Crippen LogP contribution in [-0.2, 0) is 6.42 Å². The van der Waals surface area contributed by atoms with Crippen LogP contribution in [0.4, 0.5) is 0 Å². The molecular formula is C20H22N4OS. The molecule has 1 amide bonds. The molecule has 2 N–H and O–H groups in total. The van der Waals surface area contributed by atoms with Crippen LogP contribution in [0.2, 0.25) is 0 Å². The minimum absolute atomic E-state index is 0.0210. The van der Waals surface area contributed by atoms with Gasteiger partial charge in [0, 0.05) is 36.9 Å². The number of likely N-dealkylation sites (tertiary alicyclic amines) is 1. The van der Waals surface area contributed by atoms with E-state index >= 15 is 0 Å². The molecule has 0 spiro atoms. The normalized spacial score (nSPS) is 24.7. The summed E-state index contributed by atoms with van der Waals surface area (Å²) in [5.41, 5.74) is 2.92. The van der Waals surface area contributed by atoms with Gasteiger partial charge in [-0.1, -0.05) is 0 Å². The van der Waals surface area contributed by atoms with Crippen LogP contribution in [0.15, 0.2) is 41.4 Å². The van der Waals surface area contributed by atoms with Crippen LogP contribution in [0.5, 0.6) is 0 Å². The maximum absolute atomic E-state index is 12.6. The SMILES string of the molecule is O=C(NC1[C@H]2CN(CCCc3ccsc3)C[C@@H]12)c1c[nH]c2ncccc12. The number of aryl methyl sites for hydroxylation is 1. The van der Waals surface area contributed by atoms with Gasteiger partial charge in [-0.3, -0.25) is 4.79 Å². The molecule has 6 heteroatoms. The third kappa shape index (κ3) is 2.93. The summed E-state index contributed by atoms with van der Waals surface area (Å²) in [5, 5.41) is 8.53. The number of fused-ring (bicyclic) bond motifs is 2. The number of thiophene rings is 1. The van der Waals surface area contributed by atoms with Crippen molar-refractivity contribution < 1.29 is 4.79 Å². The zero-order valence-electron chi connectivity index (χ0n) is 14.5. The van der Waals surface area contributed by atoms with Crippen LogP contribution >= 0.6 is 11.3 Å². The molecule has 1 aliphatic heterocycles. The molecule has 5 nitrogen and oxygen atoms in total. The molecule has 134 valence electrons. The topological polar surface area (TPSA) is 61.0 Å². The average Bonchev–Trinajstić information content (AvgIpc) is 3.16. The molecule has 5 rings (SSSR count). The number of amides is 1. The number of carbonyl (C=O) groups excluding carboxylic acids is 1. The number of rotatable bonds is 6. The highest BCUT2D eigenvalue weighted by molar-refractivity contribution is 7.07. The zero-order chi connectivity index (χ0) is 17.5. The Morgan fingerprint density at radius 1 is 1.35 bits per heavy atom. The summed E-state index contributed by atoms with van der Waals surface area (Å²) in [6.45, 7) is 3.40. The second-order valence-electron chi connectivity index (χ2n) is 7.42. The number of aromatic nitrogens is 2. The first kappa shape index (κ1) is 16.0. The Bertz CT molecular complexity index is 907. The predicted octanol–water partition coefficient (Wildman–Crippen LogP) is 2.92. The van der Waals surface area contributed by atoms with Crippen LogP contribution in [0, 0.1) is 11.8 Å². The van der Waals surface area contributed by atoms with Gasteiger partial charge in [0.15, 0.2) is 0 Å². The van der Waals surface area contributed by atoms with Crippen molar-refractivity contribution >= 4 is 28.3 Å². The lowest BCUT2D eigenvalue weighted by Crippen LogP contribution is -2.35. The summed E-state index contributed by atoms with van der Waals surface area (Å²) < 4.78 is 0. The summed E-state index contributed by atoms with van der Waals surface area (Å²) in [4.78, 5) is 22.5. The number of hydrogen-bond donors (Lipinski definition) is 2. The van der Waals surface area contributed by atoms with Gasteiger partial charge in [-0.05, 0) is 65.7 Å². The number of hydrogen-bond acceptors (Lipinski definition) is 4. The molecule has 3 aromatic rings. The first-order valence-electron chi connectivity index (χ1n) is 9.26. The molecule has 26 heavy (non-hydrogen) atoms. The summed E-state index contributed by atoms with van der Waals surface area (Å²) in [5.74, 6) is 1.28. The maximum Gasteiger partial charge on any atom is 0.253 e. The summed E-state index contributed by atoms with van der Waals surface area (Å²) in [7, 11) is 0. The molecule has 1 aliphatic carbocycles. The summed E-state index contributed by atoms with van der Waals surface area (Å²) >= 11 is 1.78. The Balaban J connectivity index is 1.11. The number of H-pyrrole nitrogens is 1. The Hall–Kier alpha value is -2.18. The van der Waals surface area contributed by atoms with Gasteiger partial charge in [-0.2, -0.15) is 11.3 Å². The van der Waals surface area contributed by atoms with E-state index in [9.17, 15) is 4.79 Å². The standard InChI is InChI=1S/C20H22N4OS/c25-20(15-9-22-19-14(15)4-1-6-21-19)23-18-16-10-24(11-17(16)18)7-2-3-13-5-8-26-12-13/h1,4-6,8-9,12,16-18H,2-3,7,10-11H2,(H,21,22)(H,23,25)/t16-,17+,18?. The number of piperidine rings is 1. The number of aromatic amines is 1. The van der Waals surface area contributed by atoms with Crippen molar-refractivity contribution in [2.45, 2.75) is 18.9 Å². The molecule has 3 atom stereocenters. The van der Waals surface area contributed by atoms with Crippen molar-refractivity contribution in [3.63, 3.8) is 0 Å². The van der Waals surface area contributed by atoms with E-state index in [0.717, 1.165) is 30.7 Å². The highest BCUT2D eigenvalue weighted by Crippen LogP contribution is 2.45. The zero-order valence-corrected chi connectivity index (χ0v) is 15.3. The smallest absolute Gasteiger partial charge is 0.253 e. The van der Waals surface area contributed by atoms with E-state index in [2.05, 4.69) is 37.0 Å². The summed E-state index contributed by atoms with van der Waals surface area (Å²) in [6, 6.07) is 6.37. The number of pyridine rings is 1. The number of nitrogens with one attached hydrogen (secondary N) is 2. The minimum atomic E-state index is 0.0210. The number of carbonyl (C=O) groups is 1. The second-order valence-corrected chi connectivity index (χ2v) is 8.20. The predicted molar refractivity (Wildman–Crippen MR) is 103 cm³/mol. The average molecular weight is 366 g/mol. The van der Waals surface area contributed by atoms with Crippen LogP contribution in [0.1, 0.15) is 22.3 Å². The lowest BCUT2D eigenvalue weighted by atomic mass is 10.2. The Kier molecular flexibility index (Phi) is 4.02. The first-order chi connectivity index (χ1) is 12.8. The van der Waals surface area contributed by atoms with Crippen molar-refractivity contribution in [3.8, 4) is 0 Å². The monoisotopic (exact) mass is 366 g/mol. The van der Waals surface area contributed by atoms with E-state index < -0.39 is 0 Å². The second kappa shape index (κ2) is 6.52. The fraction of sp³-hybridized carbons (Fsp3) is 0.400. The highest BCUT2D eigenvalue weighted by atomic mass is 32.1. The van der Waals surface area contributed by atoms with Crippen molar-refractivity contribution in [3.05, 3.63) is 52.5 Å². The first-order valence-corrected chi connectivity index (χ1v) is 10.2. The highest BCUT2D eigenvalue weighted by Gasteiger charge is 2.56. The molecule has 3 aromatic heterocycles. The Morgan fingerprint density at radius 2 is 2.23 bits per heavy atom. The van der Waals surface area contributed by atoms with E-state index in [1.165, 1.54) is 18.4 Å². The van der Waals surface area contributed by atoms with E-state index in [-0.39, 0.29) is 5.91 Å². The van der Waals surface area contributed by atoms with Crippen LogP contribution in [0.25, 0.3) is 11.0 Å². The van der Waals surface area contributed by atoms with Crippen molar-refractivity contribution in [1.29, 1.82) is 0 Å².